The van der Waals surface area contributed by atoms with Crippen molar-refractivity contribution in [2.75, 3.05) is 13.2 Å². The zero-order chi connectivity index (χ0) is 11.4. The molecule has 0 spiro atoms. The van der Waals surface area contributed by atoms with Crippen molar-refractivity contribution in [2.24, 2.45) is 0 Å². The van der Waals surface area contributed by atoms with Gasteiger partial charge in [0.15, 0.2) is 0 Å². The second-order valence-electron chi connectivity index (χ2n) is 4.00. The average molecular weight is 239 g/mol. The Hall–Kier alpha value is -0.580. The zero-order valence-electron chi connectivity index (χ0n) is 9.43. The Labute approximate surface area is 100 Å². The van der Waals surface area contributed by atoms with Crippen LogP contribution in [0.1, 0.15) is 31.4 Å². The van der Waals surface area contributed by atoms with Crippen LogP contribution in [0, 0.1) is 0 Å². The highest BCUT2D eigenvalue weighted by molar-refractivity contribution is 7.99. The number of nitrogens with zero attached hydrogens (tertiary/aromatic N) is 1. The van der Waals surface area contributed by atoms with Crippen LogP contribution in [0.5, 0.6) is 0 Å². The van der Waals surface area contributed by atoms with Gasteiger partial charge in [0.2, 0.25) is 0 Å². The normalized spacial score (nSPS) is 19.6. The molecule has 1 aliphatic heterocycles. The number of rotatable bonds is 3. The predicted molar refractivity (Wildman–Crippen MR) is 64.6 cm³/mol. The van der Waals surface area contributed by atoms with Gasteiger partial charge in [-0.15, -0.1) is 11.8 Å². The van der Waals surface area contributed by atoms with Crippen LogP contribution in [0.4, 0.5) is 0 Å². The van der Waals surface area contributed by atoms with E-state index in [-0.39, 0.29) is 0 Å². The van der Waals surface area contributed by atoms with Gasteiger partial charge in [0.1, 0.15) is 5.03 Å². The molecular formula is C12H17NO2S. The Kier molecular flexibility index (Phi) is 4.21. The molecule has 1 aromatic rings. The number of hydrogen-bond acceptors (Lipinski definition) is 4. The number of aromatic nitrogens is 1. The van der Waals surface area contributed by atoms with Gasteiger partial charge in [-0.2, -0.15) is 0 Å². The minimum Gasteiger partial charge on any atom is -0.389 e. The molecule has 1 atom stereocenters. The lowest BCUT2D eigenvalue weighted by molar-refractivity contribution is 0.1000. The first-order chi connectivity index (χ1) is 7.77. The van der Waals surface area contributed by atoms with Crippen LogP contribution in [0.2, 0.25) is 0 Å². The summed E-state index contributed by atoms with van der Waals surface area (Å²) >= 11 is 1.77. The second kappa shape index (κ2) is 5.66. The molecular weight excluding hydrogens is 222 g/mol. The molecule has 1 aliphatic rings. The van der Waals surface area contributed by atoms with Crippen LogP contribution >= 0.6 is 11.8 Å². The molecule has 0 aromatic carbocycles. The SMILES string of the molecule is C[C@@H](O)c1cccnc1SC1CCOCC1. The fourth-order valence-electron chi connectivity index (χ4n) is 1.77. The number of ether oxygens (including phenoxy) is 1. The van der Waals surface area contributed by atoms with Gasteiger partial charge in [-0.1, -0.05) is 6.07 Å². The summed E-state index contributed by atoms with van der Waals surface area (Å²) in [7, 11) is 0. The summed E-state index contributed by atoms with van der Waals surface area (Å²) in [5.74, 6) is 0. The molecule has 3 nitrogen and oxygen atoms in total. The topological polar surface area (TPSA) is 42.4 Å². The Morgan fingerprint density at radius 2 is 2.25 bits per heavy atom. The van der Waals surface area contributed by atoms with Crippen LogP contribution in [-0.2, 0) is 4.74 Å². The van der Waals surface area contributed by atoms with Crippen molar-refractivity contribution in [1.29, 1.82) is 0 Å². The lowest BCUT2D eigenvalue weighted by Crippen LogP contribution is -2.17. The van der Waals surface area contributed by atoms with E-state index in [9.17, 15) is 5.11 Å². The van der Waals surface area contributed by atoms with Crippen LogP contribution in [0.25, 0.3) is 0 Å². The summed E-state index contributed by atoms with van der Waals surface area (Å²) in [6.45, 7) is 3.47. The standard InChI is InChI=1S/C12H17NO2S/c1-9(14)11-3-2-6-13-12(11)16-10-4-7-15-8-5-10/h2-3,6,9-10,14H,4-5,7-8H2,1H3/t9-/m1/s1. The van der Waals surface area contributed by atoms with Crippen LogP contribution < -0.4 is 0 Å². The van der Waals surface area contributed by atoms with Gasteiger partial charge in [-0.3, -0.25) is 0 Å². The van der Waals surface area contributed by atoms with Gasteiger partial charge in [0.25, 0.3) is 0 Å². The monoisotopic (exact) mass is 239 g/mol. The molecule has 2 rings (SSSR count). The number of pyridine rings is 1. The van der Waals surface area contributed by atoms with Crippen LogP contribution in [0.3, 0.4) is 0 Å². The highest BCUT2D eigenvalue weighted by atomic mass is 32.2. The van der Waals surface area contributed by atoms with Crippen LogP contribution in [0.15, 0.2) is 23.4 Å². The summed E-state index contributed by atoms with van der Waals surface area (Å²) < 4.78 is 5.33. The molecule has 0 bridgehead atoms. The summed E-state index contributed by atoms with van der Waals surface area (Å²) in [6.07, 6.45) is 3.48. The van der Waals surface area contributed by atoms with Gasteiger partial charge < -0.3 is 9.84 Å². The first kappa shape index (κ1) is 11.9. The molecule has 1 saturated heterocycles. The Morgan fingerprint density at radius 3 is 2.94 bits per heavy atom. The predicted octanol–water partition coefficient (Wildman–Crippen LogP) is 2.41. The molecule has 0 aliphatic carbocycles. The van der Waals surface area contributed by atoms with Crippen molar-refractivity contribution in [3.63, 3.8) is 0 Å². The van der Waals surface area contributed by atoms with Gasteiger partial charge >= 0.3 is 0 Å². The molecule has 0 unspecified atom stereocenters. The maximum atomic E-state index is 9.66. The van der Waals surface area contributed by atoms with Crippen LogP contribution in [-0.4, -0.2) is 28.6 Å². The highest BCUT2D eigenvalue weighted by Crippen LogP contribution is 2.32. The molecule has 1 aromatic heterocycles. The molecule has 0 radical (unpaired) electrons. The fourth-order valence-corrected chi connectivity index (χ4v) is 3.01. The quantitative estimate of drug-likeness (QED) is 0.879. The summed E-state index contributed by atoms with van der Waals surface area (Å²) in [5.41, 5.74) is 0.930. The first-order valence-electron chi connectivity index (χ1n) is 5.65. The van der Waals surface area contributed by atoms with E-state index in [1.807, 2.05) is 12.1 Å². The maximum absolute atomic E-state index is 9.66. The Bertz CT molecular complexity index is 338. The molecule has 2 heterocycles. The number of aliphatic hydroxyl groups excluding tert-OH is 1. The third kappa shape index (κ3) is 2.97. The maximum Gasteiger partial charge on any atom is 0.102 e. The minimum absolute atomic E-state index is 0.448. The summed E-state index contributed by atoms with van der Waals surface area (Å²) in [6, 6.07) is 3.81. The van der Waals surface area contributed by atoms with E-state index in [1.165, 1.54) is 0 Å². The Balaban J connectivity index is 2.07. The van der Waals surface area contributed by atoms with E-state index < -0.39 is 6.10 Å². The van der Waals surface area contributed by atoms with Crippen molar-refractivity contribution >= 4 is 11.8 Å². The van der Waals surface area contributed by atoms with E-state index in [0.717, 1.165) is 36.6 Å². The smallest absolute Gasteiger partial charge is 0.102 e. The van der Waals surface area contributed by atoms with E-state index in [4.69, 9.17) is 4.74 Å². The van der Waals surface area contributed by atoms with Crippen molar-refractivity contribution in [3.8, 4) is 0 Å². The lowest BCUT2D eigenvalue weighted by Gasteiger charge is -2.22. The summed E-state index contributed by atoms with van der Waals surface area (Å²) in [5, 5.41) is 11.2. The Morgan fingerprint density at radius 1 is 1.50 bits per heavy atom. The molecule has 1 N–H and O–H groups in total. The van der Waals surface area contributed by atoms with E-state index in [0.29, 0.717) is 5.25 Å². The zero-order valence-corrected chi connectivity index (χ0v) is 10.2. The van der Waals surface area contributed by atoms with E-state index >= 15 is 0 Å². The van der Waals surface area contributed by atoms with Gasteiger partial charge in [-0.25, -0.2) is 4.98 Å². The number of hydrogen-bond donors (Lipinski definition) is 1. The summed E-state index contributed by atoms with van der Waals surface area (Å²) in [4.78, 5) is 4.36. The van der Waals surface area contributed by atoms with E-state index in [2.05, 4.69) is 4.98 Å². The third-order valence-electron chi connectivity index (χ3n) is 2.70. The van der Waals surface area contributed by atoms with Gasteiger partial charge in [-0.05, 0) is 25.8 Å². The van der Waals surface area contributed by atoms with Crippen molar-refractivity contribution < 1.29 is 9.84 Å². The molecule has 4 heteroatoms. The lowest BCUT2D eigenvalue weighted by atomic mass is 10.2. The van der Waals surface area contributed by atoms with E-state index in [1.54, 1.807) is 24.9 Å². The molecule has 0 amide bonds. The molecule has 16 heavy (non-hydrogen) atoms. The van der Waals surface area contributed by atoms with Gasteiger partial charge in [0, 0.05) is 30.2 Å². The van der Waals surface area contributed by atoms with Crippen molar-refractivity contribution in [3.05, 3.63) is 23.9 Å². The number of aliphatic hydroxyl groups is 1. The fraction of sp³-hybridized carbons (Fsp3) is 0.583. The number of thioether (sulfide) groups is 1. The third-order valence-corrected chi connectivity index (χ3v) is 4.07. The largest absolute Gasteiger partial charge is 0.389 e. The molecule has 0 saturated carbocycles. The molecule has 1 fully saturated rings. The second-order valence-corrected chi connectivity index (χ2v) is 5.29. The first-order valence-corrected chi connectivity index (χ1v) is 6.52. The molecule has 88 valence electrons. The van der Waals surface area contributed by atoms with Crippen molar-refractivity contribution in [2.45, 2.75) is 36.1 Å². The highest BCUT2D eigenvalue weighted by Gasteiger charge is 2.18. The minimum atomic E-state index is -0.448. The van der Waals surface area contributed by atoms with Gasteiger partial charge in [0.05, 0.1) is 6.10 Å². The average Bonchev–Trinajstić information content (AvgIpc) is 2.31. The van der Waals surface area contributed by atoms with Crippen molar-refractivity contribution in [1.82, 2.24) is 4.98 Å².